The van der Waals surface area contributed by atoms with Crippen molar-refractivity contribution in [3.05, 3.63) is 40.9 Å². The second-order valence-electron chi connectivity index (χ2n) is 6.30. The SMILES string of the molecule is CCOC(=O)c1sc(NC(=O)C(NS(=O)(=O)c2ccccc2)C(C)C)nc1C. The van der Waals surface area contributed by atoms with Crippen LogP contribution in [0.25, 0.3) is 0 Å². The van der Waals surface area contributed by atoms with Crippen molar-refractivity contribution in [2.45, 2.75) is 38.6 Å². The summed E-state index contributed by atoms with van der Waals surface area (Å²) in [6, 6.07) is 6.81. The number of hydrogen-bond donors (Lipinski definition) is 2. The van der Waals surface area contributed by atoms with Crippen LogP contribution in [0.1, 0.15) is 36.1 Å². The van der Waals surface area contributed by atoms with Crippen molar-refractivity contribution in [1.29, 1.82) is 0 Å². The molecule has 1 atom stereocenters. The van der Waals surface area contributed by atoms with Crippen LogP contribution in [0.2, 0.25) is 0 Å². The number of sulfonamides is 1. The molecule has 1 aromatic heterocycles. The van der Waals surface area contributed by atoms with Crippen LogP contribution in [0.4, 0.5) is 5.13 Å². The maximum atomic E-state index is 12.7. The molecule has 0 bridgehead atoms. The molecular weight excluding hydrogens is 402 g/mol. The van der Waals surface area contributed by atoms with E-state index in [4.69, 9.17) is 4.74 Å². The zero-order valence-corrected chi connectivity index (χ0v) is 17.7. The molecule has 2 rings (SSSR count). The van der Waals surface area contributed by atoms with Gasteiger partial charge in [0.05, 0.1) is 17.2 Å². The van der Waals surface area contributed by atoms with Crippen LogP contribution in [-0.4, -0.2) is 37.9 Å². The second kappa shape index (κ2) is 9.26. The quantitative estimate of drug-likeness (QED) is 0.628. The fourth-order valence-electron chi connectivity index (χ4n) is 2.35. The molecule has 152 valence electrons. The van der Waals surface area contributed by atoms with Gasteiger partial charge in [-0.3, -0.25) is 4.79 Å². The Labute approximate surface area is 168 Å². The maximum Gasteiger partial charge on any atom is 0.350 e. The van der Waals surface area contributed by atoms with Gasteiger partial charge in [0, 0.05) is 0 Å². The van der Waals surface area contributed by atoms with E-state index >= 15 is 0 Å². The molecule has 1 heterocycles. The van der Waals surface area contributed by atoms with E-state index in [1.807, 2.05) is 0 Å². The topological polar surface area (TPSA) is 114 Å². The number of benzene rings is 1. The summed E-state index contributed by atoms with van der Waals surface area (Å²) in [6.07, 6.45) is 0. The van der Waals surface area contributed by atoms with Crippen molar-refractivity contribution in [3.8, 4) is 0 Å². The zero-order valence-electron chi connectivity index (χ0n) is 16.1. The van der Waals surface area contributed by atoms with Gasteiger partial charge in [0.15, 0.2) is 5.13 Å². The van der Waals surface area contributed by atoms with E-state index in [2.05, 4.69) is 15.0 Å². The van der Waals surface area contributed by atoms with Crippen LogP contribution in [0.15, 0.2) is 35.2 Å². The molecule has 28 heavy (non-hydrogen) atoms. The number of esters is 1. The zero-order chi connectivity index (χ0) is 20.9. The van der Waals surface area contributed by atoms with Crippen LogP contribution < -0.4 is 10.0 Å². The Bertz CT molecular complexity index is 939. The number of ether oxygens (including phenoxy) is 1. The predicted molar refractivity (Wildman–Crippen MR) is 107 cm³/mol. The lowest BCUT2D eigenvalue weighted by Gasteiger charge is -2.21. The Balaban J connectivity index is 2.18. The summed E-state index contributed by atoms with van der Waals surface area (Å²) in [5.74, 6) is -1.38. The molecule has 2 aromatic rings. The maximum absolute atomic E-state index is 12.7. The smallest absolute Gasteiger partial charge is 0.350 e. The number of aryl methyl sites for hydroxylation is 1. The molecule has 0 spiro atoms. The van der Waals surface area contributed by atoms with Gasteiger partial charge < -0.3 is 10.1 Å². The van der Waals surface area contributed by atoms with Gasteiger partial charge >= 0.3 is 5.97 Å². The molecule has 10 heteroatoms. The summed E-state index contributed by atoms with van der Waals surface area (Å²) in [5.41, 5.74) is 0.435. The van der Waals surface area contributed by atoms with Crippen LogP contribution in [-0.2, 0) is 19.6 Å². The van der Waals surface area contributed by atoms with E-state index in [-0.39, 0.29) is 22.6 Å². The minimum absolute atomic E-state index is 0.0724. The van der Waals surface area contributed by atoms with Crippen molar-refractivity contribution >= 4 is 38.4 Å². The molecule has 0 aliphatic heterocycles. The summed E-state index contributed by atoms with van der Waals surface area (Å²) in [7, 11) is -3.87. The molecule has 1 unspecified atom stereocenters. The van der Waals surface area contributed by atoms with Crippen molar-refractivity contribution < 1.29 is 22.7 Å². The highest BCUT2D eigenvalue weighted by molar-refractivity contribution is 7.89. The highest BCUT2D eigenvalue weighted by Crippen LogP contribution is 2.24. The fourth-order valence-corrected chi connectivity index (χ4v) is 4.57. The van der Waals surface area contributed by atoms with Crippen molar-refractivity contribution in [3.63, 3.8) is 0 Å². The van der Waals surface area contributed by atoms with E-state index in [1.165, 1.54) is 12.1 Å². The Hall–Kier alpha value is -2.30. The van der Waals surface area contributed by atoms with Crippen LogP contribution in [0.5, 0.6) is 0 Å². The fraction of sp³-hybridized carbons (Fsp3) is 0.389. The molecule has 2 N–H and O–H groups in total. The summed E-state index contributed by atoms with van der Waals surface area (Å²) >= 11 is 0.985. The molecule has 0 fully saturated rings. The van der Waals surface area contributed by atoms with E-state index in [9.17, 15) is 18.0 Å². The summed E-state index contributed by atoms with van der Waals surface area (Å²) in [5, 5.41) is 2.79. The van der Waals surface area contributed by atoms with Gasteiger partial charge in [-0.2, -0.15) is 4.72 Å². The highest BCUT2D eigenvalue weighted by atomic mass is 32.2. The molecule has 1 aromatic carbocycles. The van der Waals surface area contributed by atoms with Crippen LogP contribution in [0, 0.1) is 12.8 Å². The summed E-state index contributed by atoms with van der Waals surface area (Å²) in [6.45, 7) is 7.03. The van der Waals surface area contributed by atoms with Gasteiger partial charge in [0.1, 0.15) is 10.9 Å². The number of anilines is 1. The lowest BCUT2D eigenvalue weighted by Crippen LogP contribution is -2.47. The van der Waals surface area contributed by atoms with E-state index < -0.39 is 27.9 Å². The van der Waals surface area contributed by atoms with Crippen molar-refractivity contribution in [2.24, 2.45) is 5.92 Å². The first kappa shape index (κ1) is 22.0. The first-order valence-electron chi connectivity index (χ1n) is 8.68. The molecule has 8 nitrogen and oxygen atoms in total. The number of carbonyl (C=O) groups excluding carboxylic acids is 2. The first-order chi connectivity index (χ1) is 13.2. The molecular formula is C18H23N3O5S2. The number of thiazole rings is 1. The third-order valence-corrected chi connectivity index (χ3v) is 6.28. The number of rotatable bonds is 8. The first-order valence-corrected chi connectivity index (χ1v) is 11.0. The average Bonchev–Trinajstić information content (AvgIpc) is 3.00. The van der Waals surface area contributed by atoms with Gasteiger partial charge in [-0.25, -0.2) is 18.2 Å². The Morgan fingerprint density at radius 3 is 2.43 bits per heavy atom. The normalized spacial score (nSPS) is 12.6. The Kier molecular flexibility index (Phi) is 7.28. The summed E-state index contributed by atoms with van der Waals surface area (Å²) in [4.78, 5) is 29.1. The van der Waals surface area contributed by atoms with Gasteiger partial charge in [-0.1, -0.05) is 43.4 Å². The number of hydrogen-bond acceptors (Lipinski definition) is 7. The van der Waals surface area contributed by atoms with Crippen molar-refractivity contribution in [1.82, 2.24) is 9.71 Å². The molecule has 1 amide bonds. The minimum atomic E-state index is -3.87. The number of nitrogens with one attached hydrogen (secondary N) is 2. The van der Waals surface area contributed by atoms with Crippen LogP contribution in [0.3, 0.4) is 0 Å². The lowest BCUT2D eigenvalue weighted by atomic mass is 10.1. The molecule has 0 aliphatic rings. The number of carbonyl (C=O) groups is 2. The van der Waals surface area contributed by atoms with E-state index in [1.54, 1.807) is 45.9 Å². The number of nitrogens with zero attached hydrogens (tertiary/aromatic N) is 1. The predicted octanol–water partition coefficient (Wildman–Crippen LogP) is 2.57. The largest absolute Gasteiger partial charge is 0.462 e. The monoisotopic (exact) mass is 425 g/mol. The minimum Gasteiger partial charge on any atom is -0.462 e. The van der Waals surface area contributed by atoms with Gasteiger partial charge in [-0.05, 0) is 31.9 Å². The Morgan fingerprint density at radius 2 is 1.86 bits per heavy atom. The Morgan fingerprint density at radius 1 is 1.21 bits per heavy atom. The van der Waals surface area contributed by atoms with Gasteiger partial charge in [0.25, 0.3) is 0 Å². The summed E-state index contributed by atoms with van der Waals surface area (Å²) < 4.78 is 32.5. The number of amides is 1. The average molecular weight is 426 g/mol. The lowest BCUT2D eigenvalue weighted by molar-refractivity contribution is -0.118. The highest BCUT2D eigenvalue weighted by Gasteiger charge is 2.29. The molecule has 0 aliphatic carbocycles. The third kappa shape index (κ3) is 5.37. The van der Waals surface area contributed by atoms with Crippen LogP contribution >= 0.6 is 11.3 Å². The van der Waals surface area contributed by atoms with Gasteiger partial charge in [-0.15, -0.1) is 0 Å². The van der Waals surface area contributed by atoms with Crippen molar-refractivity contribution in [2.75, 3.05) is 11.9 Å². The molecule has 0 radical (unpaired) electrons. The second-order valence-corrected chi connectivity index (χ2v) is 9.01. The molecule has 0 saturated carbocycles. The third-order valence-electron chi connectivity index (χ3n) is 3.77. The van der Waals surface area contributed by atoms with E-state index in [0.29, 0.717) is 10.6 Å². The number of aromatic nitrogens is 1. The van der Waals surface area contributed by atoms with E-state index in [0.717, 1.165) is 11.3 Å². The van der Waals surface area contributed by atoms with Gasteiger partial charge in [0.2, 0.25) is 15.9 Å². The molecule has 0 saturated heterocycles. The standard InChI is InChI=1S/C18H23N3O5S2/c1-5-26-17(23)15-12(4)19-18(27-15)20-16(22)14(11(2)3)21-28(24,25)13-9-7-6-8-10-13/h6-11,14,21H,5H2,1-4H3,(H,19,20,22).